The van der Waals surface area contributed by atoms with E-state index >= 15 is 0 Å². The zero-order valence-corrected chi connectivity index (χ0v) is 10.7. The van der Waals surface area contributed by atoms with Crippen LogP contribution >= 0.6 is 0 Å². The fourth-order valence-corrected chi connectivity index (χ4v) is 2.43. The summed E-state index contributed by atoms with van der Waals surface area (Å²) in [5.74, 6) is -1.89. The molecule has 1 aromatic carbocycles. The number of carboxylic acids is 1. The second-order valence-electron chi connectivity index (χ2n) is 4.92. The summed E-state index contributed by atoms with van der Waals surface area (Å²) in [4.78, 5) is 21.2. The van der Waals surface area contributed by atoms with Gasteiger partial charge in [0.1, 0.15) is 0 Å². The third-order valence-electron chi connectivity index (χ3n) is 3.65. The van der Waals surface area contributed by atoms with Crippen LogP contribution in [-0.2, 0) is 16.0 Å². The summed E-state index contributed by atoms with van der Waals surface area (Å²) in [7, 11) is 0. The summed E-state index contributed by atoms with van der Waals surface area (Å²) >= 11 is 0. The van der Waals surface area contributed by atoms with Gasteiger partial charge in [-0.15, -0.1) is 0 Å². The van der Waals surface area contributed by atoms with Gasteiger partial charge in [0, 0.05) is 19.3 Å². The highest BCUT2D eigenvalue weighted by Crippen LogP contribution is 2.35. The number of nitro groups is 1. The van der Waals surface area contributed by atoms with Gasteiger partial charge in [-0.3, -0.25) is 14.9 Å². The third kappa shape index (κ3) is 2.77. The summed E-state index contributed by atoms with van der Waals surface area (Å²) < 4.78 is 18.7. The van der Waals surface area contributed by atoms with Crippen molar-refractivity contribution in [2.75, 3.05) is 13.2 Å². The number of carboxylic acid groups (broad SMARTS) is 1. The van der Waals surface area contributed by atoms with Gasteiger partial charge in [-0.2, -0.15) is 4.39 Å². The molecule has 0 spiro atoms. The molecule has 0 unspecified atom stereocenters. The average Bonchev–Trinajstić information content (AvgIpc) is 2.39. The minimum Gasteiger partial charge on any atom is -0.481 e. The van der Waals surface area contributed by atoms with Crippen molar-refractivity contribution in [1.82, 2.24) is 0 Å². The van der Waals surface area contributed by atoms with Crippen LogP contribution in [0, 0.1) is 21.3 Å². The van der Waals surface area contributed by atoms with Gasteiger partial charge in [-0.05, 0) is 30.9 Å². The van der Waals surface area contributed by atoms with Crippen LogP contribution in [0.25, 0.3) is 0 Å². The number of nitrogens with zero attached hydrogens (tertiary/aromatic N) is 1. The van der Waals surface area contributed by atoms with Gasteiger partial charge in [0.25, 0.3) is 0 Å². The Morgan fingerprint density at radius 2 is 2.10 bits per heavy atom. The second-order valence-corrected chi connectivity index (χ2v) is 4.92. The van der Waals surface area contributed by atoms with Crippen molar-refractivity contribution in [3.8, 4) is 0 Å². The highest BCUT2D eigenvalue weighted by Gasteiger charge is 2.40. The summed E-state index contributed by atoms with van der Waals surface area (Å²) in [5.41, 5.74) is -1.15. The van der Waals surface area contributed by atoms with Gasteiger partial charge in [0.2, 0.25) is 5.82 Å². The fourth-order valence-electron chi connectivity index (χ4n) is 2.43. The first-order valence-corrected chi connectivity index (χ1v) is 6.19. The maximum Gasteiger partial charge on any atom is 0.310 e. The van der Waals surface area contributed by atoms with Gasteiger partial charge < -0.3 is 9.84 Å². The highest BCUT2D eigenvalue weighted by atomic mass is 19.1. The zero-order chi connectivity index (χ0) is 14.8. The van der Waals surface area contributed by atoms with Crippen LogP contribution in [-0.4, -0.2) is 29.2 Å². The summed E-state index contributed by atoms with van der Waals surface area (Å²) in [6.07, 6.45) is 0.836. The summed E-state index contributed by atoms with van der Waals surface area (Å²) in [6.45, 7) is 0.698. The normalized spacial score (nSPS) is 17.6. The number of rotatable bonds is 4. The molecule has 108 valence electrons. The molecule has 1 aliphatic rings. The van der Waals surface area contributed by atoms with Crippen LogP contribution in [0.1, 0.15) is 18.4 Å². The number of hydrogen-bond donors (Lipinski definition) is 1. The molecule has 20 heavy (non-hydrogen) atoms. The Morgan fingerprint density at radius 3 is 2.60 bits per heavy atom. The number of carbonyl (C=O) groups is 1. The van der Waals surface area contributed by atoms with Crippen molar-refractivity contribution < 1.29 is 24.0 Å². The molecule has 0 aromatic heterocycles. The van der Waals surface area contributed by atoms with Gasteiger partial charge in [-0.25, -0.2) is 0 Å². The van der Waals surface area contributed by atoms with Crippen LogP contribution in [0.15, 0.2) is 18.2 Å². The lowest BCUT2D eigenvalue weighted by atomic mass is 9.75. The Morgan fingerprint density at radius 1 is 1.45 bits per heavy atom. The standard InChI is InChI=1S/C13H14FNO5/c14-10-7-9(1-2-11(10)15(18)19)8-13(12(16)17)3-5-20-6-4-13/h1-2,7H,3-6,8H2,(H,16,17). The van der Waals surface area contributed by atoms with Crippen molar-refractivity contribution in [2.24, 2.45) is 5.41 Å². The van der Waals surface area contributed by atoms with E-state index in [9.17, 15) is 24.4 Å². The molecule has 6 nitrogen and oxygen atoms in total. The van der Waals surface area contributed by atoms with Crippen LogP contribution in [0.3, 0.4) is 0 Å². The monoisotopic (exact) mass is 283 g/mol. The molecule has 1 saturated heterocycles. The van der Waals surface area contributed by atoms with Gasteiger partial charge in [-0.1, -0.05) is 6.07 Å². The van der Waals surface area contributed by atoms with Crippen LogP contribution in [0.5, 0.6) is 0 Å². The summed E-state index contributed by atoms with van der Waals surface area (Å²) in [5, 5.41) is 20.0. The predicted molar refractivity (Wildman–Crippen MR) is 66.9 cm³/mol. The van der Waals surface area contributed by atoms with Crippen molar-refractivity contribution in [3.05, 3.63) is 39.7 Å². The van der Waals surface area contributed by atoms with E-state index in [2.05, 4.69) is 0 Å². The van der Waals surface area contributed by atoms with Crippen molar-refractivity contribution >= 4 is 11.7 Å². The summed E-state index contributed by atoms with van der Waals surface area (Å²) in [6, 6.07) is 3.51. The smallest absolute Gasteiger partial charge is 0.310 e. The Balaban J connectivity index is 2.25. The molecule has 0 atom stereocenters. The van der Waals surface area contributed by atoms with Crippen molar-refractivity contribution in [2.45, 2.75) is 19.3 Å². The van der Waals surface area contributed by atoms with E-state index in [4.69, 9.17) is 4.74 Å². The van der Waals surface area contributed by atoms with Crippen LogP contribution in [0.4, 0.5) is 10.1 Å². The first-order valence-electron chi connectivity index (χ1n) is 6.19. The molecular weight excluding hydrogens is 269 g/mol. The molecule has 1 N–H and O–H groups in total. The van der Waals surface area contributed by atoms with E-state index in [0.29, 0.717) is 31.6 Å². The number of aliphatic carboxylic acids is 1. The number of benzene rings is 1. The lowest BCUT2D eigenvalue weighted by Gasteiger charge is -2.33. The van der Waals surface area contributed by atoms with E-state index in [1.54, 1.807) is 0 Å². The van der Waals surface area contributed by atoms with E-state index in [-0.39, 0.29) is 6.42 Å². The largest absolute Gasteiger partial charge is 0.481 e. The van der Waals surface area contributed by atoms with E-state index in [0.717, 1.165) is 12.1 Å². The predicted octanol–water partition coefficient (Wildman–Crippen LogP) is 2.16. The minimum absolute atomic E-state index is 0.139. The average molecular weight is 283 g/mol. The maximum atomic E-state index is 13.6. The number of ether oxygens (including phenoxy) is 1. The molecular formula is C13H14FNO5. The third-order valence-corrected chi connectivity index (χ3v) is 3.65. The van der Waals surface area contributed by atoms with Crippen molar-refractivity contribution in [1.29, 1.82) is 0 Å². The highest BCUT2D eigenvalue weighted by molar-refractivity contribution is 5.75. The molecule has 1 fully saturated rings. The number of nitro benzene ring substituents is 1. The molecule has 0 amide bonds. The minimum atomic E-state index is -0.985. The molecule has 1 aliphatic heterocycles. The Bertz CT molecular complexity index is 540. The van der Waals surface area contributed by atoms with E-state index in [1.807, 2.05) is 0 Å². The van der Waals surface area contributed by atoms with Crippen LogP contribution in [0.2, 0.25) is 0 Å². The molecule has 0 saturated carbocycles. The molecule has 7 heteroatoms. The Labute approximate surface area is 114 Å². The van der Waals surface area contributed by atoms with Crippen molar-refractivity contribution in [3.63, 3.8) is 0 Å². The zero-order valence-electron chi connectivity index (χ0n) is 10.7. The Kier molecular flexibility index (Phi) is 3.99. The molecule has 0 bridgehead atoms. The second kappa shape index (κ2) is 5.54. The van der Waals surface area contributed by atoms with Crippen LogP contribution < -0.4 is 0 Å². The molecule has 1 heterocycles. The molecule has 0 radical (unpaired) electrons. The lowest BCUT2D eigenvalue weighted by molar-refractivity contribution is -0.387. The number of halogens is 1. The number of hydrogen-bond acceptors (Lipinski definition) is 4. The fraction of sp³-hybridized carbons (Fsp3) is 0.462. The lowest BCUT2D eigenvalue weighted by Crippen LogP contribution is -2.39. The van der Waals surface area contributed by atoms with Gasteiger partial charge in [0.05, 0.1) is 10.3 Å². The topological polar surface area (TPSA) is 89.7 Å². The SMILES string of the molecule is O=C(O)C1(Cc2ccc([N+](=O)[O-])c(F)c2)CCOCC1. The van der Waals surface area contributed by atoms with Gasteiger partial charge in [0.15, 0.2) is 0 Å². The molecule has 0 aliphatic carbocycles. The van der Waals surface area contributed by atoms with E-state index in [1.165, 1.54) is 6.07 Å². The quantitative estimate of drug-likeness (QED) is 0.675. The Hall–Kier alpha value is -2.02. The van der Waals surface area contributed by atoms with Gasteiger partial charge >= 0.3 is 11.7 Å². The first kappa shape index (κ1) is 14.4. The maximum absolute atomic E-state index is 13.6. The molecule has 1 aromatic rings. The first-order chi connectivity index (χ1) is 9.44. The van der Waals surface area contributed by atoms with E-state index < -0.39 is 27.8 Å². The molecule has 2 rings (SSSR count).